The minimum Gasteiger partial charge on any atom is -0.478 e. The van der Waals surface area contributed by atoms with E-state index in [4.69, 9.17) is 9.47 Å². The first kappa shape index (κ1) is 24.4. The molecule has 0 saturated heterocycles. The first-order valence-electron chi connectivity index (χ1n) is 10.8. The fourth-order valence-corrected chi connectivity index (χ4v) is 4.64. The molecule has 4 rings (SSSR count). The van der Waals surface area contributed by atoms with Gasteiger partial charge >= 0.3 is 12.1 Å². The highest BCUT2D eigenvalue weighted by Crippen LogP contribution is 2.44. The second kappa shape index (κ2) is 10.7. The molecule has 8 nitrogen and oxygen atoms in total. The van der Waals surface area contributed by atoms with E-state index in [0.29, 0.717) is 4.47 Å². The lowest BCUT2D eigenvalue weighted by Crippen LogP contribution is -2.47. The van der Waals surface area contributed by atoms with E-state index in [0.717, 1.165) is 22.3 Å². The van der Waals surface area contributed by atoms with Crippen molar-refractivity contribution in [3.63, 3.8) is 0 Å². The minimum atomic E-state index is -1.13. The summed E-state index contributed by atoms with van der Waals surface area (Å²) < 4.78 is 11.1. The zero-order valence-corrected chi connectivity index (χ0v) is 20.4. The van der Waals surface area contributed by atoms with Gasteiger partial charge in [0.2, 0.25) is 5.91 Å². The van der Waals surface area contributed by atoms with Crippen LogP contribution in [0, 0.1) is 0 Å². The summed E-state index contributed by atoms with van der Waals surface area (Å²) in [6.07, 6.45) is -0.760. The van der Waals surface area contributed by atoms with Crippen molar-refractivity contribution in [1.82, 2.24) is 5.32 Å². The molecule has 180 valence electrons. The third-order valence-corrected chi connectivity index (χ3v) is 6.16. The van der Waals surface area contributed by atoms with Crippen LogP contribution < -0.4 is 10.6 Å². The SMILES string of the molecule is COC[C@H](NC(=O)OCC1c2ccccc2-c2ccccc21)C(=O)Nc1cc(Br)cc(C(=O)O)c1. The molecule has 0 fully saturated rings. The van der Waals surface area contributed by atoms with Gasteiger partial charge in [-0.25, -0.2) is 9.59 Å². The molecule has 0 aliphatic heterocycles. The van der Waals surface area contributed by atoms with Crippen LogP contribution in [0.1, 0.15) is 27.4 Å². The van der Waals surface area contributed by atoms with Gasteiger partial charge in [0.1, 0.15) is 12.6 Å². The summed E-state index contributed by atoms with van der Waals surface area (Å²) in [5.41, 5.74) is 4.65. The van der Waals surface area contributed by atoms with Crippen LogP contribution in [0.25, 0.3) is 11.1 Å². The number of aromatic carboxylic acids is 1. The Morgan fingerprint density at radius 3 is 2.23 bits per heavy atom. The summed E-state index contributed by atoms with van der Waals surface area (Å²) in [7, 11) is 1.40. The Bertz CT molecular complexity index is 1230. The molecule has 3 aromatic carbocycles. The Kier molecular flexibility index (Phi) is 7.48. The van der Waals surface area contributed by atoms with Gasteiger partial charge in [-0.05, 0) is 40.5 Å². The number of nitrogens with one attached hydrogen (secondary N) is 2. The first-order valence-corrected chi connectivity index (χ1v) is 11.6. The maximum Gasteiger partial charge on any atom is 0.407 e. The van der Waals surface area contributed by atoms with Crippen molar-refractivity contribution in [3.8, 4) is 11.1 Å². The molecule has 0 unspecified atom stereocenters. The van der Waals surface area contributed by atoms with E-state index in [1.165, 1.54) is 19.2 Å². The maximum absolute atomic E-state index is 12.8. The molecule has 1 aliphatic rings. The molecule has 0 spiro atoms. The van der Waals surface area contributed by atoms with Gasteiger partial charge in [-0.3, -0.25) is 4.79 Å². The topological polar surface area (TPSA) is 114 Å². The lowest BCUT2D eigenvalue weighted by molar-refractivity contribution is -0.119. The molecule has 0 aromatic heterocycles. The number of halogens is 1. The van der Waals surface area contributed by atoms with Gasteiger partial charge in [0, 0.05) is 23.2 Å². The number of ether oxygens (including phenoxy) is 2. The zero-order valence-electron chi connectivity index (χ0n) is 18.8. The molecule has 3 aromatic rings. The van der Waals surface area contributed by atoms with Crippen molar-refractivity contribution >= 4 is 39.6 Å². The molecule has 0 bridgehead atoms. The largest absolute Gasteiger partial charge is 0.478 e. The molecule has 2 amide bonds. The minimum absolute atomic E-state index is 0.00228. The number of anilines is 1. The van der Waals surface area contributed by atoms with Gasteiger partial charge in [-0.1, -0.05) is 64.5 Å². The lowest BCUT2D eigenvalue weighted by Gasteiger charge is -2.19. The van der Waals surface area contributed by atoms with Gasteiger partial charge in [0.25, 0.3) is 0 Å². The Labute approximate surface area is 210 Å². The second-order valence-electron chi connectivity index (χ2n) is 8.00. The molecule has 1 atom stereocenters. The van der Waals surface area contributed by atoms with Gasteiger partial charge in [0.05, 0.1) is 12.2 Å². The summed E-state index contributed by atoms with van der Waals surface area (Å²) in [6.45, 7) is 0.00457. The fourth-order valence-electron chi connectivity index (χ4n) is 4.15. The van der Waals surface area contributed by atoms with Crippen LogP contribution in [-0.4, -0.2) is 49.4 Å². The molecule has 0 heterocycles. The zero-order chi connectivity index (χ0) is 24.9. The van der Waals surface area contributed by atoms with E-state index in [-0.39, 0.29) is 30.4 Å². The van der Waals surface area contributed by atoms with E-state index >= 15 is 0 Å². The third-order valence-electron chi connectivity index (χ3n) is 5.70. The van der Waals surface area contributed by atoms with Crippen molar-refractivity contribution in [3.05, 3.63) is 87.9 Å². The van der Waals surface area contributed by atoms with E-state index < -0.39 is 24.0 Å². The number of alkyl carbamates (subject to hydrolysis) is 1. The number of carboxylic acid groups (broad SMARTS) is 1. The number of amides is 2. The molecule has 9 heteroatoms. The summed E-state index contributed by atoms with van der Waals surface area (Å²) in [4.78, 5) is 36.7. The monoisotopic (exact) mass is 538 g/mol. The Morgan fingerprint density at radius 1 is 1.00 bits per heavy atom. The van der Waals surface area contributed by atoms with Crippen molar-refractivity contribution in [2.75, 3.05) is 25.6 Å². The number of rotatable bonds is 8. The number of fused-ring (bicyclic) bond motifs is 3. The number of benzene rings is 3. The number of carboxylic acids is 1. The lowest BCUT2D eigenvalue weighted by atomic mass is 9.98. The average Bonchev–Trinajstić information content (AvgIpc) is 3.16. The van der Waals surface area contributed by atoms with Crippen LogP contribution in [0.4, 0.5) is 10.5 Å². The Morgan fingerprint density at radius 2 is 1.63 bits per heavy atom. The van der Waals surface area contributed by atoms with Gasteiger partial charge in [-0.15, -0.1) is 0 Å². The van der Waals surface area contributed by atoms with Gasteiger partial charge in [-0.2, -0.15) is 0 Å². The summed E-state index contributed by atoms with van der Waals surface area (Å²) in [5, 5.41) is 14.4. The number of carbonyl (C=O) groups excluding carboxylic acids is 2. The van der Waals surface area contributed by atoms with Crippen LogP contribution in [0.2, 0.25) is 0 Å². The van der Waals surface area contributed by atoms with Crippen LogP contribution in [-0.2, 0) is 14.3 Å². The standard InChI is InChI=1S/C26H23BrN2O6/c1-34-14-23(24(30)28-17-11-15(25(31)32)10-16(27)12-17)29-26(33)35-13-22-20-8-4-2-6-18(20)19-7-3-5-9-21(19)22/h2-12,22-23H,13-14H2,1H3,(H,28,30)(H,29,33)(H,31,32)/t23-/m0/s1. The van der Waals surface area contributed by atoms with Crippen LogP contribution >= 0.6 is 15.9 Å². The highest BCUT2D eigenvalue weighted by molar-refractivity contribution is 9.10. The predicted molar refractivity (Wildman–Crippen MR) is 134 cm³/mol. The van der Waals surface area contributed by atoms with Gasteiger partial charge in [0.15, 0.2) is 0 Å². The smallest absolute Gasteiger partial charge is 0.407 e. The predicted octanol–water partition coefficient (Wildman–Crippen LogP) is 4.64. The molecule has 3 N–H and O–H groups in total. The van der Waals surface area contributed by atoms with E-state index in [1.54, 1.807) is 6.07 Å². The van der Waals surface area contributed by atoms with E-state index in [9.17, 15) is 19.5 Å². The highest BCUT2D eigenvalue weighted by atomic mass is 79.9. The molecule has 35 heavy (non-hydrogen) atoms. The summed E-state index contributed by atoms with van der Waals surface area (Å²) >= 11 is 3.23. The van der Waals surface area contributed by atoms with Gasteiger partial charge < -0.3 is 25.2 Å². The molecule has 0 radical (unpaired) electrons. The quantitative estimate of drug-likeness (QED) is 0.385. The Hall–Kier alpha value is -3.69. The van der Waals surface area contributed by atoms with Crippen LogP contribution in [0.15, 0.2) is 71.2 Å². The number of methoxy groups -OCH3 is 1. The molecule has 1 aliphatic carbocycles. The summed E-state index contributed by atoms with van der Waals surface area (Å²) in [5.74, 6) is -1.82. The number of hydrogen-bond acceptors (Lipinski definition) is 5. The van der Waals surface area contributed by atoms with Crippen molar-refractivity contribution < 1.29 is 29.0 Å². The first-order chi connectivity index (χ1) is 16.9. The fraction of sp³-hybridized carbons (Fsp3) is 0.192. The summed E-state index contributed by atoms with van der Waals surface area (Å²) in [6, 6.07) is 19.2. The molecular weight excluding hydrogens is 516 g/mol. The molecular formula is C26H23BrN2O6. The third kappa shape index (κ3) is 5.52. The van der Waals surface area contributed by atoms with E-state index in [1.807, 2.05) is 48.5 Å². The van der Waals surface area contributed by atoms with E-state index in [2.05, 4.69) is 26.6 Å². The normalized spacial score (nSPS) is 12.9. The van der Waals surface area contributed by atoms with Crippen molar-refractivity contribution in [2.24, 2.45) is 0 Å². The van der Waals surface area contributed by atoms with Crippen LogP contribution in [0.3, 0.4) is 0 Å². The van der Waals surface area contributed by atoms with Crippen LogP contribution in [0.5, 0.6) is 0 Å². The van der Waals surface area contributed by atoms with Crippen molar-refractivity contribution in [2.45, 2.75) is 12.0 Å². The molecule has 0 saturated carbocycles. The Balaban J connectivity index is 1.42. The number of hydrogen-bond donors (Lipinski definition) is 3. The number of carbonyl (C=O) groups is 3. The average molecular weight is 539 g/mol. The second-order valence-corrected chi connectivity index (χ2v) is 8.92. The highest BCUT2D eigenvalue weighted by Gasteiger charge is 2.30. The van der Waals surface area contributed by atoms with Crippen molar-refractivity contribution in [1.29, 1.82) is 0 Å². The maximum atomic E-state index is 12.8.